The molecular formula is C24H28ClFN6O2. The molecule has 1 N–H and O–H groups in total. The SMILES string of the molecule is COc1cc(N2C[C@H]3CC[C@@H](C2)[C@@H]3Nc2nc(Oc3cccc(Cl)c3F)n(C(C)C)n2)ccn1. The maximum absolute atomic E-state index is 14.4. The number of hydrogen-bond acceptors (Lipinski definition) is 7. The third-order valence-electron chi connectivity index (χ3n) is 6.63. The lowest BCUT2D eigenvalue weighted by Crippen LogP contribution is -2.48. The van der Waals surface area contributed by atoms with Gasteiger partial charge in [0.1, 0.15) is 0 Å². The molecule has 0 radical (unpaired) electrons. The Hall–Kier alpha value is -3.07. The molecule has 0 unspecified atom stereocenters. The van der Waals surface area contributed by atoms with Gasteiger partial charge in [0, 0.05) is 37.1 Å². The van der Waals surface area contributed by atoms with Crippen molar-refractivity contribution in [3.05, 3.63) is 47.4 Å². The van der Waals surface area contributed by atoms with Crippen LogP contribution in [0.4, 0.5) is 16.0 Å². The summed E-state index contributed by atoms with van der Waals surface area (Å²) in [6, 6.07) is 9.13. The number of aromatic nitrogens is 4. The third kappa shape index (κ3) is 4.36. The molecule has 3 atom stereocenters. The Bertz CT molecular complexity index is 1160. The van der Waals surface area contributed by atoms with Crippen LogP contribution in [0.15, 0.2) is 36.5 Å². The van der Waals surface area contributed by atoms with Gasteiger partial charge in [0.05, 0.1) is 18.2 Å². The molecule has 3 aromatic rings. The van der Waals surface area contributed by atoms with E-state index in [1.807, 2.05) is 26.0 Å². The fourth-order valence-electron chi connectivity index (χ4n) is 4.96. The summed E-state index contributed by atoms with van der Waals surface area (Å²) in [6.45, 7) is 5.82. The summed E-state index contributed by atoms with van der Waals surface area (Å²) in [5.41, 5.74) is 1.13. The number of piperidine rings is 1. The van der Waals surface area contributed by atoms with E-state index < -0.39 is 5.82 Å². The molecule has 1 saturated carbocycles. The van der Waals surface area contributed by atoms with E-state index in [-0.39, 0.29) is 28.9 Å². The summed E-state index contributed by atoms with van der Waals surface area (Å²) in [5, 5.41) is 8.18. The van der Waals surface area contributed by atoms with E-state index in [9.17, 15) is 4.39 Å². The van der Waals surface area contributed by atoms with Crippen molar-refractivity contribution >= 4 is 23.2 Å². The van der Waals surface area contributed by atoms with Gasteiger partial charge in [-0.05, 0) is 56.7 Å². The molecular weight excluding hydrogens is 459 g/mol. The molecule has 2 aliphatic rings. The quantitative estimate of drug-likeness (QED) is 0.493. The smallest absolute Gasteiger partial charge is 0.322 e. The lowest BCUT2D eigenvalue weighted by molar-refractivity contribution is 0.360. The normalized spacial score (nSPS) is 21.7. The van der Waals surface area contributed by atoms with Crippen LogP contribution in [0.3, 0.4) is 0 Å². The van der Waals surface area contributed by atoms with E-state index in [2.05, 4.69) is 25.3 Å². The maximum Gasteiger partial charge on any atom is 0.322 e. The van der Waals surface area contributed by atoms with Crippen LogP contribution >= 0.6 is 11.6 Å². The van der Waals surface area contributed by atoms with Gasteiger partial charge < -0.3 is 19.7 Å². The zero-order valence-corrected chi connectivity index (χ0v) is 20.2. The van der Waals surface area contributed by atoms with Crippen molar-refractivity contribution in [1.29, 1.82) is 0 Å². The van der Waals surface area contributed by atoms with Gasteiger partial charge in [-0.25, -0.2) is 14.1 Å². The Morgan fingerprint density at radius 1 is 1.18 bits per heavy atom. The zero-order chi connectivity index (χ0) is 23.8. The second kappa shape index (κ2) is 9.29. The van der Waals surface area contributed by atoms with Gasteiger partial charge in [0.2, 0.25) is 11.8 Å². The number of halogens is 2. The first-order valence-electron chi connectivity index (χ1n) is 11.5. The number of anilines is 2. The van der Waals surface area contributed by atoms with Gasteiger partial charge in [0.15, 0.2) is 11.6 Å². The summed E-state index contributed by atoms with van der Waals surface area (Å²) in [4.78, 5) is 11.2. The van der Waals surface area contributed by atoms with E-state index >= 15 is 0 Å². The minimum Gasteiger partial charge on any atom is -0.481 e. The summed E-state index contributed by atoms with van der Waals surface area (Å²) >= 11 is 5.90. The Balaban J connectivity index is 1.33. The van der Waals surface area contributed by atoms with Crippen molar-refractivity contribution < 1.29 is 13.9 Å². The Labute approximate surface area is 203 Å². The Morgan fingerprint density at radius 2 is 1.94 bits per heavy atom. The summed E-state index contributed by atoms with van der Waals surface area (Å²) in [7, 11) is 1.63. The van der Waals surface area contributed by atoms with E-state index in [1.165, 1.54) is 12.1 Å². The van der Waals surface area contributed by atoms with Crippen LogP contribution in [0.2, 0.25) is 5.02 Å². The fourth-order valence-corrected chi connectivity index (χ4v) is 5.13. The molecule has 1 aromatic carbocycles. The molecule has 1 aliphatic carbocycles. The van der Waals surface area contributed by atoms with Gasteiger partial charge in [-0.1, -0.05) is 17.7 Å². The van der Waals surface area contributed by atoms with Crippen molar-refractivity contribution in [2.24, 2.45) is 11.8 Å². The average Bonchev–Trinajstić information content (AvgIpc) is 3.32. The highest BCUT2D eigenvalue weighted by Gasteiger charge is 2.42. The number of nitrogens with zero attached hydrogens (tertiary/aromatic N) is 5. The van der Waals surface area contributed by atoms with Gasteiger partial charge in [-0.15, -0.1) is 5.10 Å². The van der Waals surface area contributed by atoms with E-state index in [4.69, 9.17) is 21.1 Å². The monoisotopic (exact) mass is 486 g/mol. The number of ether oxygens (including phenoxy) is 2. The van der Waals surface area contributed by atoms with Crippen molar-refractivity contribution in [3.63, 3.8) is 0 Å². The molecule has 8 nitrogen and oxygen atoms in total. The Kier molecular flexibility index (Phi) is 6.20. The van der Waals surface area contributed by atoms with Crippen LogP contribution in [0.5, 0.6) is 17.6 Å². The van der Waals surface area contributed by atoms with Gasteiger partial charge in [-0.3, -0.25) is 0 Å². The van der Waals surface area contributed by atoms with Crippen LogP contribution in [0.25, 0.3) is 0 Å². The molecule has 0 spiro atoms. The highest BCUT2D eigenvalue weighted by atomic mass is 35.5. The summed E-state index contributed by atoms with van der Waals surface area (Å²) in [5.74, 6) is 1.44. The Morgan fingerprint density at radius 3 is 2.65 bits per heavy atom. The van der Waals surface area contributed by atoms with Crippen molar-refractivity contribution in [2.75, 3.05) is 30.4 Å². The molecule has 180 valence electrons. The second-order valence-corrected chi connectivity index (χ2v) is 9.55. The number of benzene rings is 1. The first-order chi connectivity index (χ1) is 16.4. The zero-order valence-electron chi connectivity index (χ0n) is 19.4. The van der Waals surface area contributed by atoms with Gasteiger partial charge in [-0.2, -0.15) is 4.98 Å². The molecule has 2 aromatic heterocycles. The minimum absolute atomic E-state index is 0.00149. The molecule has 2 bridgehead atoms. The number of methoxy groups -OCH3 is 1. The highest BCUT2D eigenvalue weighted by Crippen LogP contribution is 2.40. The standard InChI is InChI=1S/C24H28ClFN6O2/c1-14(2)32-24(34-19-6-4-5-18(25)21(19)26)29-23(30-32)28-22-15-7-8-16(22)13-31(12-15)17-9-10-27-20(11-17)33-3/h4-6,9-11,14-16,22H,7-8,12-13H2,1-3H3,(H,28,30)/t15-,16+,22-. The van der Waals surface area contributed by atoms with Gasteiger partial charge >= 0.3 is 6.01 Å². The number of fused-ring (bicyclic) bond motifs is 2. The summed E-state index contributed by atoms with van der Waals surface area (Å²) in [6.07, 6.45) is 4.07. The summed E-state index contributed by atoms with van der Waals surface area (Å²) < 4.78 is 27.1. The largest absolute Gasteiger partial charge is 0.481 e. The number of nitrogens with one attached hydrogen (secondary N) is 1. The van der Waals surface area contributed by atoms with Crippen molar-refractivity contribution in [3.8, 4) is 17.6 Å². The van der Waals surface area contributed by atoms with Crippen LogP contribution in [-0.4, -0.2) is 46.0 Å². The molecule has 1 saturated heterocycles. The fraction of sp³-hybridized carbons (Fsp3) is 0.458. The van der Waals surface area contributed by atoms with Gasteiger partial charge in [0.25, 0.3) is 0 Å². The van der Waals surface area contributed by atoms with Crippen molar-refractivity contribution in [1.82, 2.24) is 19.7 Å². The van der Waals surface area contributed by atoms with Crippen LogP contribution in [-0.2, 0) is 0 Å². The van der Waals surface area contributed by atoms with E-state index in [1.54, 1.807) is 24.1 Å². The first-order valence-corrected chi connectivity index (χ1v) is 11.9. The molecule has 1 aliphatic heterocycles. The average molecular weight is 487 g/mol. The number of rotatable bonds is 7. The molecule has 2 fully saturated rings. The highest BCUT2D eigenvalue weighted by molar-refractivity contribution is 6.30. The topological polar surface area (TPSA) is 77.3 Å². The molecule has 5 rings (SSSR count). The molecule has 0 amide bonds. The van der Waals surface area contributed by atoms with E-state index in [0.29, 0.717) is 23.7 Å². The first kappa shape index (κ1) is 22.7. The predicted molar refractivity (Wildman–Crippen MR) is 129 cm³/mol. The lowest BCUT2D eigenvalue weighted by Gasteiger charge is -2.39. The number of pyridine rings is 1. The molecule has 10 heteroatoms. The van der Waals surface area contributed by atoms with E-state index in [0.717, 1.165) is 31.6 Å². The molecule has 34 heavy (non-hydrogen) atoms. The third-order valence-corrected chi connectivity index (χ3v) is 6.92. The minimum atomic E-state index is -0.616. The predicted octanol–water partition coefficient (Wildman–Crippen LogP) is 5.17. The van der Waals surface area contributed by atoms with Crippen LogP contribution in [0.1, 0.15) is 32.7 Å². The van der Waals surface area contributed by atoms with Crippen LogP contribution < -0.4 is 19.7 Å². The van der Waals surface area contributed by atoms with Crippen LogP contribution in [0, 0.1) is 17.7 Å². The van der Waals surface area contributed by atoms with Crippen molar-refractivity contribution in [2.45, 2.75) is 38.8 Å². The lowest BCUT2D eigenvalue weighted by atomic mass is 9.92. The maximum atomic E-state index is 14.4. The molecule has 3 heterocycles. The second-order valence-electron chi connectivity index (χ2n) is 9.14. The number of hydrogen-bond donors (Lipinski definition) is 1.